The third kappa shape index (κ3) is 4.30. The summed E-state index contributed by atoms with van der Waals surface area (Å²) in [5.74, 6) is 0.652. The molecule has 1 unspecified atom stereocenters. The lowest BCUT2D eigenvalue weighted by atomic mass is 10.1. The minimum atomic E-state index is -0.160. The summed E-state index contributed by atoms with van der Waals surface area (Å²) in [7, 11) is 0. The molecule has 0 heterocycles. The summed E-state index contributed by atoms with van der Waals surface area (Å²) >= 11 is 1.60. The van der Waals surface area contributed by atoms with Gasteiger partial charge < -0.3 is 10.4 Å². The van der Waals surface area contributed by atoms with E-state index in [-0.39, 0.29) is 18.5 Å². The van der Waals surface area contributed by atoms with Gasteiger partial charge in [-0.25, -0.2) is 4.39 Å². The topological polar surface area (TPSA) is 32.3 Å². The van der Waals surface area contributed by atoms with Gasteiger partial charge in [-0.2, -0.15) is 0 Å². The maximum Gasteiger partial charge on any atom is 0.129 e. The van der Waals surface area contributed by atoms with Crippen molar-refractivity contribution in [3.05, 3.63) is 29.6 Å². The van der Waals surface area contributed by atoms with Crippen LogP contribution in [0.4, 0.5) is 4.39 Å². The van der Waals surface area contributed by atoms with Crippen molar-refractivity contribution in [3.8, 4) is 0 Å². The van der Waals surface area contributed by atoms with Gasteiger partial charge in [-0.3, -0.25) is 0 Å². The molecular formula is C13H20FNOS. The first kappa shape index (κ1) is 14.5. The fraction of sp³-hybridized carbons (Fsp3) is 0.538. The number of benzene rings is 1. The van der Waals surface area contributed by atoms with E-state index in [0.717, 1.165) is 29.2 Å². The monoisotopic (exact) mass is 257 g/mol. The van der Waals surface area contributed by atoms with Gasteiger partial charge in [0.2, 0.25) is 0 Å². The summed E-state index contributed by atoms with van der Waals surface area (Å²) in [6, 6.07) is 5.18. The van der Waals surface area contributed by atoms with Crippen LogP contribution in [0.5, 0.6) is 0 Å². The van der Waals surface area contributed by atoms with Gasteiger partial charge in [0.15, 0.2) is 0 Å². The van der Waals surface area contributed by atoms with Crippen LogP contribution in [0.25, 0.3) is 0 Å². The molecule has 0 spiro atoms. The van der Waals surface area contributed by atoms with Gasteiger partial charge in [-0.1, -0.05) is 13.0 Å². The van der Waals surface area contributed by atoms with E-state index in [0.29, 0.717) is 0 Å². The van der Waals surface area contributed by atoms with Crippen LogP contribution < -0.4 is 5.32 Å². The minimum Gasteiger partial charge on any atom is -0.396 e. The van der Waals surface area contributed by atoms with E-state index in [1.165, 1.54) is 6.07 Å². The Bertz CT molecular complexity index is 346. The minimum absolute atomic E-state index is 0.0119. The second-order valence-electron chi connectivity index (χ2n) is 3.86. The number of nitrogens with one attached hydrogen (secondary N) is 1. The lowest BCUT2D eigenvalue weighted by Gasteiger charge is -2.17. The van der Waals surface area contributed by atoms with Gasteiger partial charge in [0.05, 0.1) is 0 Å². The number of thioether (sulfide) groups is 1. The van der Waals surface area contributed by atoms with E-state index in [9.17, 15) is 4.39 Å². The van der Waals surface area contributed by atoms with Crippen molar-refractivity contribution in [2.45, 2.75) is 31.2 Å². The van der Waals surface area contributed by atoms with Crippen molar-refractivity contribution < 1.29 is 9.50 Å². The van der Waals surface area contributed by atoms with Crippen LogP contribution >= 0.6 is 11.8 Å². The average molecular weight is 257 g/mol. The highest BCUT2D eigenvalue weighted by atomic mass is 32.2. The summed E-state index contributed by atoms with van der Waals surface area (Å²) in [5, 5.41) is 12.0. The first-order valence-corrected chi connectivity index (χ1v) is 6.94. The van der Waals surface area contributed by atoms with Crippen molar-refractivity contribution in [2.24, 2.45) is 0 Å². The zero-order chi connectivity index (χ0) is 12.7. The molecule has 1 atom stereocenters. The summed E-state index contributed by atoms with van der Waals surface area (Å²) < 4.78 is 13.8. The highest BCUT2D eigenvalue weighted by Crippen LogP contribution is 2.30. The highest BCUT2D eigenvalue weighted by Gasteiger charge is 2.14. The maximum atomic E-state index is 13.8. The Kier molecular flexibility index (Phi) is 6.55. The molecule has 4 heteroatoms. The van der Waals surface area contributed by atoms with Gasteiger partial charge in [-0.15, -0.1) is 11.8 Å². The molecule has 0 bridgehead atoms. The Labute approximate surface area is 107 Å². The molecule has 17 heavy (non-hydrogen) atoms. The van der Waals surface area contributed by atoms with Crippen molar-refractivity contribution in [2.75, 3.05) is 18.9 Å². The number of aliphatic hydroxyl groups excluding tert-OH is 1. The summed E-state index contributed by atoms with van der Waals surface area (Å²) in [5.41, 5.74) is 0.734. The molecule has 0 amide bonds. The molecule has 1 aromatic carbocycles. The molecule has 2 nitrogen and oxygen atoms in total. The van der Waals surface area contributed by atoms with Crippen molar-refractivity contribution >= 4 is 11.8 Å². The van der Waals surface area contributed by atoms with Gasteiger partial charge >= 0.3 is 0 Å². The van der Waals surface area contributed by atoms with Gasteiger partial charge in [0.25, 0.3) is 0 Å². The molecule has 0 saturated carbocycles. The molecule has 0 aromatic heterocycles. The molecule has 0 aliphatic rings. The normalized spacial score (nSPS) is 12.7. The average Bonchev–Trinajstić information content (AvgIpc) is 2.29. The van der Waals surface area contributed by atoms with E-state index in [1.54, 1.807) is 17.8 Å². The Morgan fingerprint density at radius 3 is 2.88 bits per heavy atom. The summed E-state index contributed by atoms with van der Waals surface area (Å²) in [4.78, 5) is 0.965. The second kappa shape index (κ2) is 7.69. The van der Waals surface area contributed by atoms with Crippen LogP contribution in [0.1, 0.15) is 31.9 Å². The molecule has 0 fully saturated rings. The quantitative estimate of drug-likeness (QED) is 0.582. The summed E-state index contributed by atoms with van der Waals surface area (Å²) in [6.07, 6.45) is 0.732. The van der Waals surface area contributed by atoms with Crippen LogP contribution in [0, 0.1) is 5.82 Å². The van der Waals surface area contributed by atoms with E-state index in [1.807, 2.05) is 19.9 Å². The molecule has 2 N–H and O–H groups in total. The lowest BCUT2D eigenvalue weighted by molar-refractivity contribution is 0.296. The highest BCUT2D eigenvalue weighted by molar-refractivity contribution is 7.99. The van der Waals surface area contributed by atoms with E-state index < -0.39 is 0 Å². The van der Waals surface area contributed by atoms with Crippen molar-refractivity contribution in [1.29, 1.82) is 0 Å². The van der Waals surface area contributed by atoms with Crippen LogP contribution in [0.3, 0.4) is 0 Å². The number of hydrogen-bond acceptors (Lipinski definition) is 3. The predicted molar refractivity (Wildman–Crippen MR) is 70.9 cm³/mol. The standard InChI is InChI=1S/C13H20FNOS/c1-3-15-10(2)13-11(14)6-4-7-12(13)17-9-5-8-16/h4,6-7,10,15-16H,3,5,8-9H2,1-2H3. The molecule has 0 aliphatic heterocycles. The Balaban J connectivity index is 2.83. The van der Waals surface area contributed by atoms with Crippen molar-refractivity contribution in [3.63, 3.8) is 0 Å². The SMILES string of the molecule is CCNC(C)c1c(F)cccc1SCCCO. The van der Waals surface area contributed by atoms with Gasteiger partial charge in [0.1, 0.15) is 5.82 Å². The zero-order valence-corrected chi connectivity index (χ0v) is 11.2. The number of aliphatic hydroxyl groups is 1. The van der Waals surface area contributed by atoms with E-state index in [2.05, 4.69) is 5.32 Å². The molecular weight excluding hydrogens is 237 g/mol. The van der Waals surface area contributed by atoms with Crippen LogP contribution in [-0.4, -0.2) is 24.0 Å². The largest absolute Gasteiger partial charge is 0.396 e. The molecule has 96 valence electrons. The molecule has 0 radical (unpaired) electrons. The van der Waals surface area contributed by atoms with Crippen LogP contribution in [0.2, 0.25) is 0 Å². The van der Waals surface area contributed by atoms with Gasteiger partial charge in [-0.05, 0) is 32.0 Å². The molecule has 1 aromatic rings. The molecule has 0 aliphatic carbocycles. The summed E-state index contributed by atoms with van der Waals surface area (Å²) in [6.45, 7) is 4.98. The first-order valence-electron chi connectivity index (χ1n) is 5.96. The Morgan fingerprint density at radius 1 is 1.47 bits per heavy atom. The fourth-order valence-electron chi connectivity index (χ4n) is 1.72. The van der Waals surface area contributed by atoms with E-state index >= 15 is 0 Å². The van der Waals surface area contributed by atoms with Crippen LogP contribution in [0.15, 0.2) is 23.1 Å². The Hall–Kier alpha value is -0.580. The number of halogens is 1. The molecule has 0 saturated heterocycles. The van der Waals surface area contributed by atoms with Crippen LogP contribution in [-0.2, 0) is 0 Å². The third-order valence-corrected chi connectivity index (χ3v) is 3.68. The van der Waals surface area contributed by atoms with Crippen molar-refractivity contribution in [1.82, 2.24) is 5.32 Å². The fourth-order valence-corrected chi connectivity index (χ4v) is 2.82. The molecule has 1 rings (SSSR count). The van der Waals surface area contributed by atoms with E-state index in [4.69, 9.17) is 5.11 Å². The first-order chi connectivity index (χ1) is 8.20. The Morgan fingerprint density at radius 2 is 2.24 bits per heavy atom. The number of rotatable bonds is 7. The second-order valence-corrected chi connectivity index (χ2v) is 4.99. The smallest absolute Gasteiger partial charge is 0.129 e. The lowest BCUT2D eigenvalue weighted by Crippen LogP contribution is -2.19. The van der Waals surface area contributed by atoms with Gasteiger partial charge in [0, 0.05) is 28.9 Å². The zero-order valence-electron chi connectivity index (χ0n) is 10.4. The maximum absolute atomic E-state index is 13.8. The number of hydrogen-bond donors (Lipinski definition) is 2. The predicted octanol–water partition coefficient (Wildman–Crippen LogP) is 2.97. The third-order valence-electron chi connectivity index (χ3n) is 2.52.